The Kier molecular flexibility index (Phi) is 8.00. The minimum Gasteiger partial charge on any atom is -0.361 e. The molecule has 6 nitrogen and oxygen atoms in total. The Balaban J connectivity index is 1.50. The fourth-order valence-corrected chi connectivity index (χ4v) is 4.17. The van der Waals surface area contributed by atoms with E-state index in [1.54, 1.807) is 17.0 Å². The highest BCUT2D eigenvalue weighted by Gasteiger charge is 2.24. The average molecular weight is 487 g/mol. The Labute approximate surface area is 210 Å². The number of hydrogen-bond acceptors (Lipinski definition) is 2. The van der Waals surface area contributed by atoms with Crippen molar-refractivity contribution in [3.05, 3.63) is 102 Å². The van der Waals surface area contributed by atoms with Gasteiger partial charge in [-0.25, -0.2) is 9.18 Å². The highest BCUT2D eigenvalue weighted by Crippen LogP contribution is 2.19. The average Bonchev–Trinajstić information content (AvgIpc) is 3.29. The minimum absolute atomic E-state index is 0.0843. The number of aromatic amines is 1. The van der Waals surface area contributed by atoms with Crippen LogP contribution in [0.15, 0.2) is 85.1 Å². The number of amides is 3. The first-order valence-corrected chi connectivity index (χ1v) is 12.1. The van der Waals surface area contributed by atoms with Gasteiger partial charge in [0.05, 0.1) is 5.69 Å². The number of carbonyl (C=O) groups excluding carboxylic acids is 2. The summed E-state index contributed by atoms with van der Waals surface area (Å²) in [5.74, 6) is -0.693. The number of urea groups is 1. The maximum atomic E-state index is 14.1. The second-order valence-electron chi connectivity index (χ2n) is 9.04. The van der Waals surface area contributed by atoms with Crippen LogP contribution in [0.4, 0.5) is 14.9 Å². The summed E-state index contributed by atoms with van der Waals surface area (Å²) >= 11 is 0. The molecule has 3 aromatic carbocycles. The third-order valence-electron chi connectivity index (χ3n) is 6.20. The molecule has 7 heteroatoms. The van der Waals surface area contributed by atoms with Gasteiger partial charge in [-0.3, -0.25) is 4.79 Å². The summed E-state index contributed by atoms with van der Waals surface area (Å²) in [7, 11) is 0. The van der Waals surface area contributed by atoms with Crippen molar-refractivity contribution in [2.75, 3.05) is 18.4 Å². The molecule has 0 aliphatic rings. The Bertz CT molecular complexity index is 1320. The number of H-pyrrole nitrogens is 1. The molecule has 0 bridgehead atoms. The lowest BCUT2D eigenvalue weighted by Gasteiger charge is -2.30. The van der Waals surface area contributed by atoms with Crippen LogP contribution in [-0.2, 0) is 17.8 Å². The molecular weight excluding hydrogens is 455 g/mol. The first-order valence-electron chi connectivity index (χ1n) is 12.1. The van der Waals surface area contributed by atoms with Gasteiger partial charge in [0.1, 0.15) is 12.4 Å². The van der Waals surface area contributed by atoms with Gasteiger partial charge in [0.15, 0.2) is 0 Å². The van der Waals surface area contributed by atoms with Crippen molar-refractivity contribution in [1.29, 1.82) is 0 Å². The lowest BCUT2D eigenvalue weighted by Crippen LogP contribution is -2.47. The number of para-hydroxylation sites is 2. The lowest BCUT2D eigenvalue weighted by atomic mass is 10.1. The van der Waals surface area contributed by atoms with Crippen LogP contribution in [0, 0.1) is 5.82 Å². The quantitative estimate of drug-likeness (QED) is 0.313. The summed E-state index contributed by atoms with van der Waals surface area (Å²) in [6.07, 6.45) is 2.66. The van der Waals surface area contributed by atoms with Crippen molar-refractivity contribution in [3.8, 4) is 0 Å². The fraction of sp³-hybridized carbons (Fsp3) is 0.241. The van der Waals surface area contributed by atoms with Crippen molar-refractivity contribution < 1.29 is 14.0 Å². The van der Waals surface area contributed by atoms with Crippen LogP contribution in [-0.4, -0.2) is 45.9 Å². The summed E-state index contributed by atoms with van der Waals surface area (Å²) in [6.45, 7) is 4.49. The van der Waals surface area contributed by atoms with Gasteiger partial charge in [-0.05, 0) is 49.6 Å². The second kappa shape index (κ2) is 11.5. The van der Waals surface area contributed by atoms with E-state index in [-0.39, 0.29) is 24.2 Å². The van der Waals surface area contributed by atoms with Crippen molar-refractivity contribution in [1.82, 2.24) is 14.8 Å². The Morgan fingerprint density at radius 1 is 0.944 bits per heavy atom. The molecular formula is C29H31FN4O2. The van der Waals surface area contributed by atoms with Crippen LogP contribution >= 0.6 is 0 Å². The molecule has 0 unspecified atom stereocenters. The van der Waals surface area contributed by atoms with E-state index in [0.29, 0.717) is 19.5 Å². The van der Waals surface area contributed by atoms with Gasteiger partial charge >= 0.3 is 6.03 Å². The molecule has 36 heavy (non-hydrogen) atoms. The van der Waals surface area contributed by atoms with Gasteiger partial charge < -0.3 is 20.1 Å². The highest BCUT2D eigenvalue weighted by atomic mass is 19.1. The van der Waals surface area contributed by atoms with E-state index in [2.05, 4.69) is 16.4 Å². The van der Waals surface area contributed by atoms with E-state index in [1.165, 1.54) is 17.0 Å². The number of fused-ring (bicyclic) bond motifs is 1. The van der Waals surface area contributed by atoms with E-state index < -0.39 is 11.8 Å². The van der Waals surface area contributed by atoms with Crippen LogP contribution in [0.5, 0.6) is 0 Å². The first-order chi connectivity index (χ1) is 17.4. The zero-order valence-corrected chi connectivity index (χ0v) is 20.6. The number of nitrogens with zero attached hydrogens (tertiary/aromatic N) is 2. The molecule has 4 aromatic rings. The second-order valence-corrected chi connectivity index (χ2v) is 9.04. The van der Waals surface area contributed by atoms with Crippen LogP contribution in [0.2, 0.25) is 0 Å². The van der Waals surface area contributed by atoms with Gasteiger partial charge in [-0.2, -0.15) is 0 Å². The molecule has 0 radical (unpaired) electrons. The SMILES string of the molecule is CC(C)N(CC(=O)N(CCc1c[nH]c2ccccc12)Cc1ccccc1)C(=O)Nc1ccccc1F. The van der Waals surface area contributed by atoms with Gasteiger partial charge in [0, 0.05) is 36.2 Å². The van der Waals surface area contributed by atoms with Gasteiger partial charge in [-0.15, -0.1) is 0 Å². The third kappa shape index (κ3) is 6.10. The zero-order chi connectivity index (χ0) is 25.5. The number of halogens is 1. The summed E-state index contributed by atoms with van der Waals surface area (Å²) in [5.41, 5.74) is 3.29. The van der Waals surface area contributed by atoms with E-state index in [0.717, 1.165) is 22.0 Å². The normalized spacial score (nSPS) is 11.0. The molecule has 1 heterocycles. The number of aromatic nitrogens is 1. The topological polar surface area (TPSA) is 68.4 Å². The van der Waals surface area contributed by atoms with Crippen molar-refractivity contribution in [2.45, 2.75) is 32.9 Å². The maximum absolute atomic E-state index is 14.1. The number of hydrogen-bond donors (Lipinski definition) is 2. The number of carbonyl (C=O) groups is 2. The molecule has 0 aliphatic heterocycles. The van der Waals surface area contributed by atoms with Gasteiger partial charge in [0.2, 0.25) is 5.91 Å². The minimum atomic E-state index is -0.523. The third-order valence-corrected chi connectivity index (χ3v) is 6.20. The molecule has 1 aromatic heterocycles. The molecule has 186 valence electrons. The summed E-state index contributed by atoms with van der Waals surface area (Å²) in [6, 6.07) is 23.1. The Morgan fingerprint density at radius 2 is 1.64 bits per heavy atom. The van der Waals surface area contributed by atoms with Crippen molar-refractivity contribution >= 4 is 28.5 Å². The summed E-state index contributed by atoms with van der Waals surface area (Å²) in [5, 5.41) is 3.73. The molecule has 2 N–H and O–H groups in total. The zero-order valence-electron chi connectivity index (χ0n) is 20.6. The lowest BCUT2D eigenvalue weighted by molar-refractivity contribution is -0.132. The summed E-state index contributed by atoms with van der Waals surface area (Å²) in [4.78, 5) is 33.0. The number of rotatable bonds is 9. The molecule has 0 saturated carbocycles. The Morgan fingerprint density at radius 3 is 2.39 bits per heavy atom. The van der Waals surface area contributed by atoms with Crippen molar-refractivity contribution in [2.24, 2.45) is 0 Å². The molecule has 3 amide bonds. The highest BCUT2D eigenvalue weighted by molar-refractivity contribution is 5.92. The van der Waals surface area contributed by atoms with Gasteiger partial charge in [-0.1, -0.05) is 60.7 Å². The van der Waals surface area contributed by atoms with Crippen LogP contribution in [0.3, 0.4) is 0 Å². The molecule has 0 saturated heterocycles. The fourth-order valence-electron chi connectivity index (χ4n) is 4.17. The standard InChI is InChI=1S/C29H31FN4O2/c1-21(2)34(29(36)32-27-15-9-7-13-25(27)30)20-28(35)33(19-22-10-4-3-5-11-22)17-16-23-18-31-26-14-8-6-12-24(23)26/h3-15,18,21,31H,16-17,19-20H2,1-2H3,(H,32,36). The predicted molar refractivity (Wildman–Crippen MR) is 141 cm³/mol. The number of nitrogens with one attached hydrogen (secondary N) is 2. The van der Waals surface area contributed by atoms with Crippen molar-refractivity contribution in [3.63, 3.8) is 0 Å². The maximum Gasteiger partial charge on any atom is 0.322 e. The summed E-state index contributed by atoms with van der Waals surface area (Å²) < 4.78 is 14.1. The van der Waals surface area contributed by atoms with E-state index >= 15 is 0 Å². The van der Waals surface area contributed by atoms with Crippen LogP contribution in [0.1, 0.15) is 25.0 Å². The monoisotopic (exact) mass is 486 g/mol. The smallest absolute Gasteiger partial charge is 0.322 e. The largest absolute Gasteiger partial charge is 0.361 e. The number of benzene rings is 3. The van der Waals surface area contributed by atoms with E-state index in [1.807, 2.05) is 68.6 Å². The van der Waals surface area contributed by atoms with E-state index in [9.17, 15) is 14.0 Å². The first kappa shape index (κ1) is 25.0. The van der Waals surface area contributed by atoms with Crippen LogP contribution < -0.4 is 5.32 Å². The van der Waals surface area contributed by atoms with E-state index in [4.69, 9.17) is 0 Å². The molecule has 0 aliphatic carbocycles. The predicted octanol–water partition coefficient (Wildman–Crippen LogP) is 5.82. The molecule has 0 fully saturated rings. The molecule has 4 rings (SSSR count). The molecule has 0 atom stereocenters. The van der Waals surface area contributed by atoms with Gasteiger partial charge in [0.25, 0.3) is 0 Å². The number of anilines is 1. The van der Waals surface area contributed by atoms with Crippen LogP contribution in [0.25, 0.3) is 10.9 Å². The molecule has 0 spiro atoms. The Hall–Kier alpha value is -4.13.